The molecule has 1 fully saturated rings. The molecule has 0 aliphatic carbocycles. The molecule has 0 saturated carbocycles. The van der Waals surface area contributed by atoms with Crippen molar-refractivity contribution in [3.05, 3.63) is 64.4 Å². The Labute approximate surface area is 194 Å². The zero-order valence-corrected chi connectivity index (χ0v) is 19.9. The van der Waals surface area contributed by atoms with Crippen LogP contribution in [0, 0.1) is 5.82 Å². The summed E-state index contributed by atoms with van der Waals surface area (Å²) in [5, 5.41) is 2.62. The van der Waals surface area contributed by atoms with Crippen molar-refractivity contribution in [1.82, 2.24) is 10.2 Å². The fraction of sp³-hybridized carbons (Fsp3) is 0.435. The summed E-state index contributed by atoms with van der Waals surface area (Å²) >= 11 is 5.84. The van der Waals surface area contributed by atoms with Crippen LogP contribution in [0.3, 0.4) is 0 Å². The van der Waals surface area contributed by atoms with Crippen LogP contribution in [-0.4, -0.2) is 44.6 Å². The largest absolute Gasteiger partial charge is 0.350 e. The zero-order chi connectivity index (χ0) is 23.3. The van der Waals surface area contributed by atoms with E-state index in [1.165, 1.54) is 30.5 Å². The van der Waals surface area contributed by atoms with E-state index in [4.69, 9.17) is 11.6 Å². The molecule has 0 radical (unpaired) electrons. The maximum absolute atomic E-state index is 13.6. The molecule has 0 spiro atoms. The first kappa shape index (κ1) is 24.5. The Morgan fingerprint density at radius 1 is 1.16 bits per heavy atom. The molecule has 1 amide bonds. The van der Waals surface area contributed by atoms with E-state index in [2.05, 4.69) is 22.3 Å². The van der Waals surface area contributed by atoms with Crippen molar-refractivity contribution in [2.45, 2.75) is 45.3 Å². The van der Waals surface area contributed by atoms with Gasteiger partial charge in [0, 0.05) is 13.1 Å². The van der Waals surface area contributed by atoms with Gasteiger partial charge in [0.15, 0.2) is 0 Å². The molecule has 174 valence electrons. The molecule has 0 aromatic heterocycles. The van der Waals surface area contributed by atoms with Gasteiger partial charge in [0.05, 0.1) is 17.0 Å². The van der Waals surface area contributed by atoms with Gasteiger partial charge < -0.3 is 5.32 Å². The first-order chi connectivity index (χ1) is 15.2. The van der Waals surface area contributed by atoms with Crippen molar-refractivity contribution < 1.29 is 17.6 Å². The van der Waals surface area contributed by atoms with E-state index in [-0.39, 0.29) is 23.7 Å². The maximum Gasteiger partial charge on any atom is 0.244 e. The molecule has 2 aromatic rings. The first-order valence-electron chi connectivity index (χ1n) is 10.7. The average molecular weight is 482 g/mol. The number of carbonyl (C=O) groups is 1. The van der Waals surface area contributed by atoms with Crippen molar-refractivity contribution >= 4 is 33.2 Å². The van der Waals surface area contributed by atoms with E-state index in [0.29, 0.717) is 0 Å². The molecule has 32 heavy (non-hydrogen) atoms. The van der Waals surface area contributed by atoms with E-state index in [9.17, 15) is 17.6 Å². The van der Waals surface area contributed by atoms with Gasteiger partial charge in [0.2, 0.25) is 15.9 Å². The van der Waals surface area contributed by atoms with Crippen LogP contribution in [0.25, 0.3) is 0 Å². The highest BCUT2D eigenvalue weighted by atomic mass is 35.5. The molecule has 1 heterocycles. The summed E-state index contributed by atoms with van der Waals surface area (Å²) in [5.41, 5.74) is 2.30. The molecule has 2 aromatic carbocycles. The van der Waals surface area contributed by atoms with Gasteiger partial charge in [-0.3, -0.25) is 14.0 Å². The standard InChI is InChI=1S/C23H29ClFN3O3S/c1-3-22(28(32(2,30)31)19-10-11-21(25)20(24)14-19)23(29)26-15-17-6-8-18(9-7-17)16-27-12-4-5-13-27/h6-11,14,22H,3-5,12-13,15-16H2,1-2H3,(H,26,29)/t22-/m0/s1. The number of hydrogen-bond donors (Lipinski definition) is 1. The minimum atomic E-state index is -3.82. The van der Waals surface area contributed by atoms with Crippen LogP contribution in [0.15, 0.2) is 42.5 Å². The second-order valence-corrected chi connectivity index (χ2v) is 10.4. The number of anilines is 1. The number of halogens is 2. The Morgan fingerprint density at radius 2 is 1.78 bits per heavy atom. The van der Waals surface area contributed by atoms with Gasteiger partial charge >= 0.3 is 0 Å². The summed E-state index contributed by atoms with van der Waals surface area (Å²) in [4.78, 5) is 15.3. The summed E-state index contributed by atoms with van der Waals surface area (Å²) < 4.78 is 39.5. The molecule has 1 aliphatic rings. The van der Waals surface area contributed by atoms with Crippen molar-refractivity contribution in [2.75, 3.05) is 23.7 Å². The van der Waals surface area contributed by atoms with Crippen molar-refractivity contribution in [2.24, 2.45) is 0 Å². The van der Waals surface area contributed by atoms with Gasteiger partial charge in [-0.15, -0.1) is 0 Å². The quantitative estimate of drug-likeness (QED) is 0.589. The number of sulfonamides is 1. The molecular formula is C23H29ClFN3O3S. The number of carbonyl (C=O) groups excluding carboxylic acids is 1. The van der Waals surface area contributed by atoms with Gasteiger partial charge in [-0.1, -0.05) is 42.8 Å². The molecule has 0 unspecified atom stereocenters. The second-order valence-electron chi connectivity index (χ2n) is 8.10. The fourth-order valence-electron chi connectivity index (χ4n) is 3.95. The lowest BCUT2D eigenvalue weighted by atomic mass is 10.1. The molecule has 1 atom stereocenters. The van der Waals surface area contributed by atoms with E-state index in [0.717, 1.165) is 41.8 Å². The van der Waals surface area contributed by atoms with Crippen LogP contribution in [0.1, 0.15) is 37.3 Å². The number of nitrogens with one attached hydrogen (secondary N) is 1. The number of rotatable bonds is 9. The third-order valence-electron chi connectivity index (χ3n) is 5.58. The van der Waals surface area contributed by atoms with Gasteiger partial charge in [-0.25, -0.2) is 12.8 Å². The monoisotopic (exact) mass is 481 g/mol. The molecular weight excluding hydrogens is 453 g/mol. The summed E-state index contributed by atoms with van der Waals surface area (Å²) in [6, 6.07) is 10.7. The fourth-order valence-corrected chi connectivity index (χ4v) is 5.33. The topological polar surface area (TPSA) is 69.7 Å². The van der Waals surface area contributed by atoms with E-state index in [1.807, 2.05) is 12.1 Å². The summed E-state index contributed by atoms with van der Waals surface area (Å²) in [5.74, 6) is -1.09. The Bertz CT molecular complexity index is 1040. The Hall–Kier alpha value is -2.16. The predicted octanol–water partition coefficient (Wildman–Crippen LogP) is 3.94. The molecule has 3 rings (SSSR count). The molecule has 1 aliphatic heterocycles. The lowest BCUT2D eigenvalue weighted by molar-refractivity contribution is -0.122. The molecule has 1 saturated heterocycles. The zero-order valence-electron chi connectivity index (χ0n) is 18.4. The third kappa shape index (κ3) is 6.21. The van der Waals surface area contributed by atoms with Crippen LogP contribution >= 0.6 is 11.6 Å². The SMILES string of the molecule is CC[C@@H](C(=O)NCc1ccc(CN2CCCC2)cc1)N(c1ccc(F)c(Cl)c1)S(C)(=O)=O. The van der Waals surface area contributed by atoms with E-state index in [1.54, 1.807) is 6.92 Å². The molecule has 0 bridgehead atoms. The predicted molar refractivity (Wildman–Crippen MR) is 126 cm³/mol. The summed E-state index contributed by atoms with van der Waals surface area (Å²) in [6.07, 6.45) is 3.75. The highest BCUT2D eigenvalue weighted by Crippen LogP contribution is 2.27. The van der Waals surface area contributed by atoms with Crippen LogP contribution in [0.2, 0.25) is 5.02 Å². The summed E-state index contributed by atoms with van der Waals surface area (Å²) in [6.45, 7) is 5.19. The summed E-state index contributed by atoms with van der Waals surface area (Å²) in [7, 11) is -3.82. The average Bonchev–Trinajstić information content (AvgIpc) is 3.25. The lowest BCUT2D eigenvalue weighted by Gasteiger charge is -2.30. The number of nitrogens with zero attached hydrogens (tertiary/aromatic N) is 2. The molecule has 9 heteroatoms. The van der Waals surface area contributed by atoms with Crippen LogP contribution in [0.4, 0.5) is 10.1 Å². The Kier molecular flexibility index (Phi) is 8.14. The highest BCUT2D eigenvalue weighted by molar-refractivity contribution is 7.92. The van der Waals surface area contributed by atoms with Crippen molar-refractivity contribution in [3.63, 3.8) is 0 Å². The normalized spacial score (nSPS) is 15.5. The Morgan fingerprint density at radius 3 is 2.34 bits per heavy atom. The van der Waals surface area contributed by atoms with Gasteiger partial charge in [0.25, 0.3) is 0 Å². The van der Waals surface area contributed by atoms with Crippen LogP contribution in [0.5, 0.6) is 0 Å². The van der Waals surface area contributed by atoms with Crippen LogP contribution in [-0.2, 0) is 27.9 Å². The number of amides is 1. The smallest absolute Gasteiger partial charge is 0.244 e. The first-order valence-corrected chi connectivity index (χ1v) is 12.9. The minimum absolute atomic E-state index is 0.146. The number of hydrogen-bond acceptors (Lipinski definition) is 4. The lowest BCUT2D eigenvalue weighted by Crippen LogP contribution is -2.49. The van der Waals surface area contributed by atoms with Gasteiger partial charge in [0.1, 0.15) is 11.9 Å². The minimum Gasteiger partial charge on any atom is -0.350 e. The van der Waals surface area contributed by atoms with E-state index >= 15 is 0 Å². The van der Waals surface area contributed by atoms with Gasteiger partial charge in [-0.2, -0.15) is 0 Å². The van der Waals surface area contributed by atoms with Crippen molar-refractivity contribution in [3.8, 4) is 0 Å². The van der Waals surface area contributed by atoms with Crippen molar-refractivity contribution in [1.29, 1.82) is 0 Å². The molecule has 1 N–H and O–H groups in total. The van der Waals surface area contributed by atoms with E-state index < -0.39 is 27.8 Å². The maximum atomic E-state index is 13.6. The molecule has 6 nitrogen and oxygen atoms in total. The third-order valence-corrected chi connectivity index (χ3v) is 7.05. The number of likely N-dealkylation sites (tertiary alicyclic amines) is 1. The van der Waals surface area contributed by atoms with Crippen LogP contribution < -0.4 is 9.62 Å². The second kappa shape index (κ2) is 10.6. The number of benzene rings is 2. The highest BCUT2D eigenvalue weighted by Gasteiger charge is 2.31. The Balaban J connectivity index is 1.68. The van der Waals surface area contributed by atoms with Gasteiger partial charge in [-0.05, 0) is 61.7 Å².